The van der Waals surface area contributed by atoms with Crippen molar-refractivity contribution < 1.29 is 9.90 Å². The van der Waals surface area contributed by atoms with E-state index in [4.69, 9.17) is 0 Å². The molecule has 3 heteroatoms. The maximum atomic E-state index is 11.2. The van der Waals surface area contributed by atoms with Gasteiger partial charge in [0.25, 0.3) is 0 Å². The number of ketones is 1. The van der Waals surface area contributed by atoms with Gasteiger partial charge in [-0.15, -0.1) is 0 Å². The second-order valence-electron chi connectivity index (χ2n) is 5.38. The van der Waals surface area contributed by atoms with E-state index in [2.05, 4.69) is 18.7 Å². The molecule has 0 aromatic heterocycles. The Balaban J connectivity index is 2.26. The van der Waals surface area contributed by atoms with Crippen LogP contribution in [0.25, 0.3) is 0 Å². The lowest BCUT2D eigenvalue weighted by Gasteiger charge is -2.33. The molecule has 0 aliphatic carbocycles. The lowest BCUT2D eigenvalue weighted by molar-refractivity contribution is 0.101. The van der Waals surface area contributed by atoms with Crippen LogP contribution < -0.4 is 4.90 Å². The van der Waals surface area contributed by atoms with E-state index < -0.39 is 0 Å². The number of Topliss-reactive ketones (excluding diaryl/α,β-unsaturated/α-hetero) is 1. The van der Waals surface area contributed by atoms with Gasteiger partial charge in [-0.3, -0.25) is 4.79 Å². The molecule has 1 aromatic carbocycles. The average molecular weight is 233 g/mol. The quantitative estimate of drug-likeness (QED) is 0.796. The third-order valence-electron chi connectivity index (χ3n) is 3.44. The number of carbonyl (C=O) groups is 1. The highest BCUT2D eigenvalue weighted by atomic mass is 16.3. The Bertz CT molecular complexity index is 422. The Labute approximate surface area is 102 Å². The zero-order valence-electron chi connectivity index (χ0n) is 10.6. The van der Waals surface area contributed by atoms with Crippen molar-refractivity contribution in [3.8, 4) is 0 Å². The highest BCUT2D eigenvalue weighted by molar-refractivity contribution is 5.94. The van der Waals surface area contributed by atoms with E-state index in [0.29, 0.717) is 6.54 Å². The van der Waals surface area contributed by atoms with Crippen molar-refractivity contribution in [2.24, 2.45) is 0 Å². The number of nitrogens with zero attached hydrogens (tertiary/aromatic N) is 1. The minimum Gasteiger partial charge on any atom is -0.391 e. The standard InChI is InChI=1S/C14H19NO2/c1-10(16)11-4-6-12(7-5-11)15-9-13(17)8-14(15,2)3/h4-7,13,17H,8-9H2,1-3H3. The second-order valence-corrected chi connectivity index (χ2v) is 5.38. The van der Waals surface area contributed by atoms with Gasteiger partial charge in [-0.2, -0.15) is 0 Å². The Morgan fingerprint density at radius 3 is 2.35 bits per heavy atom. The molecule has 1 heterocycles. The van der Waals surface area contributed by atoms with Gasteiger partial charge >= 0.3 is 0 Å². The summed E-state index contributed by atoms with van der Waals surface area (Å²) in [5, 5.41) is 9.74. The van der Waals surface area contributed by atoms with Gasteiger partial charge in [-0.1, -0.05) is 0 Å². The molecule has 0 saturated carbocycles. The Morgan fingerprint density at radius 2 is 1.94 bits per heavy atom. The smallest absolute Gasteiger partial charge is 0.159 e. The summed E-state index contributed by atoms with van der Waals surface area (Å²) in [4.78, 5) is 13.4. The van der Waals surface area contributed by atoms with E-state index in [1.807, 2.05) is 24.3 Å². The number of hydrogen-bond donors (Lipinski definition) is 1. The third kappa shape index (κ3) is 2.34. The fraction of sp³-hybridized carbons (Fsp3) is 0.500. The van der Waals surface area contributed by atoms with Crippen molar-refractivity contribution in [3.63, 3.8) is 0 Å². The molecule has 1 aromatic rings. The molecule has 0 bridgehead atoms. The van der Waals surface area contributed by atoms with Crippen LogP contribution in [0.2, 0.25) is 0 Å². The van der Waals surface area contributed by atoms with Gasteiger partial charge in [-0.05, 0) is 51.5 Å². The van der Waals surface area contributed by atoms with E-state index in [1.165, 1.54) is 0 Å². The molecule has 3 nitrogen and oxygen atoms in total. The number of β-amino-alcohol motifs (C(OH)–C–C–N with tert-alkyl or cyclic N) is 1. The summed E-state index contributed by atoms with van der Waals surface area (Å²) in [6.45, 7) is 6.48. The molecule has 17 heavy (non-hydrogen) atoms. The molecule has 1 unspecified atom stereocenters. The van der Waals surface area contributed by atoms with Crippen molar-refractivity contribution in [1.29, 1.82) is 0 Å². The van der Waals surface area contributed by atoms with Crippen molar-refractivity contribution in [3.05, 3.63) is 29.8 Å². The van der Waals surface area contributed by atoms with Crippen LogP contribution in [0.5, 0.6) is 0 Å². The number of hydrogen-bond acceptors (Lipinski definition) is 3. The van der Waals surface area contributed by atoms with Crippen molar-refractivity contribution >= 4 is 11.5 Å². The van der Waals surface area contributed by atoms with Crippen LogP contribution in [0.4, 0.5) is 5.69 Å². The summed E-state index contributed by atoms with van der Waals surface area (Å²) in [6.07, 6.45) is 0.513. The average Bonchev–Trinajstić information content (AvgIpc) is 2.52. The van der Waals surface area contributed by atoms with Crippen molar-refractivity contribution in [2.45, 2.75) is 38.8 Å². The molecule has 2 rings (SSSR count). The first kappa shape index (κ1) is 12.1. The molecule has 1 N–H and O–H groups in total. The van der Waals surface area contributed by atoms with Gasteiger partial charge in [0.05, 0.1) is 6.10 Å². The van der Waals surface area contributed by atoms with Crippen LogP contribution in [-0.4, -0.2) is 29.1 Å². The number of aliphatic hydroxyl groups is 1. The van der Waals surface area contributed by atoms with E-state index in [-0.39, 0.29) is 17.4 Å². The molecule has 0 spiro atoms. The summed E-state index contributed by atoms with van der Waals surface area (Å²) in [7, 11) is 0. The number of rotatable bonds is 2. The minimum atomic E-state index is -0.266. The van der Waals surface area contributed by atoms with Crippen LogP contribution in [-0.2, 0) is 0 Å². The summed E-state index contributed by atoms with van der Waals surface area (Å²) in [5.74, 6) is 0.0808. The lowest BCUT2D eigenvalue weighted by Crippen LogP contribution is -2.38. The summed E-state index contributed by atoms with van der Waals surface area (Å²) >= 11 is 0. The van der Waals surface area contributed by atoms with E-state index in [9.17, 15) is 9.90 Å². The van der Waals surface area contributed by atoms with Crippen LogP contribution in [0, 0.1) is 0 Å². The number of aliphatic hydroxyl groups excluding tert-OH is 1. The van der Waals surface area contributed by atoms with Gasteiger partial charge in [0.1, 0.15) is 0 Å². The number of anilines is 1. The van der Waals surface area contributed by atoms with E-state index in [0.717, 1.165) is 17.7 Å². The Morgan fingerprint density at radius 1 is 1.35 bits per heavy atom. The second kappa shape index (κ2) is 4.15. The van der Waals surface area contributed by atoms with Gasteiger partial charge in [0, 0.05) is 23.3 Å². The van der Waals surface area contributed by atoms with Gasteiger partial charge < -0.3 is 10.0 Å². The van der Waals surface area contributed by atoms with Gasteiger partial charge in [-0.25, -0.2) is 0 Å². The third-order valence-corrected chi connectivity index (χ3v) is 3.44. The lowest BCUT2D eigenvalue weighted by atomic mass is 10.0. The van der Waals surface area contributed by atoms with Gasteiger partial charge in [0.15, 0.2) is 5.78 Å². The van der Waals surface area contributed by atoms with Crippen LogP contribution in [0.15, 0.2) is 24.3 Å². The molecular formula is C14H19NO2. The highest BCUT2D eigenvalue weighted by Crippen LogP contribution is 2.33. The minimum absolute atomic E-state index is 0.0306. The van der Waals surface area contributed by atoms with Crippen LogP contribution >= 0.6 is 0 Å². The topological polar surface area (TPSA) is 40.5 Å². The maximum Gasteiger partial charge on any atom is 0.159 e. The molecule has 0 radical (unpaired) electrons. The molecule has 1 fully saturated rings. The predicted molar refractivity (Wildman–Crippen MR) is 68.5 cm³/mol. The summed E-state index contributed by atoms with van der Waals surface area (Å²) < 4.78 is 0. The molecule has 1 aliphatic rings. The van der Waals surface area contributed by atoms with Gasteiger partial charge in [0.2, 0.25) is 0 Å². The fourth-order valence-corrected chi connectivity index (χ4v) is 2.54. The first-order chi connectivity index (χ1) is 7.90. The van der Waals surface area contributed by atoms with Crippen LogP contribution in [0.3, 0.4) is 0 Å². The molecule has 1 atom stereocenters. The normalized spacial score (nSPS) is 22.8. The Hall–Kier alpha value is -1.35. The fourth-order valence-electron chi connectivity index (χ4n) is 2.54. The molecule has 1 aliphatic heterocycles. The van der Waals surface area contributed by atoms with E-state index >= 15 is 0 Å². The molecule has 92 valence electrons. The SMILES string of the molecule is CC(=O)c1ccc(N2CC(O)CC2(C)C)cc1. The highest BCUT2D eigenvalue weighted by Gasteiger charge is 2.37. The monoisotopic (exact) mass is 233 g/mol. The number of benzene rings is 1. The number of carbonyl (C=O) groups excluding carboxylic acids is 1. The summed E-state index contributed by atoms with van der Waals surface area (Å²) in [5.41, 5.74) is 1.76. The van der Waals surface area contributed by atoms with Crippen LogP contribution in [0.1, 0.15) is 37.6 Å². The van der Waals surface area contributed by atoms with E-state index in [1.54, 1.807) is 6.92 Å². The molecule has 1 saturated heterocycles. The first-order valence-corrected chi connectivity index (χ1v) is 5.97. The predicted octanol–water partition coefficient (Wildman–Crippen LogP) is 2.24. The Kier molecular flexibility index (Phi) is 2.96. The zero-order chi connectivity index (χ0) is 12.6. The molecule has 0 amide bonds. The summed E-state index contributed by atoms with van der Waals surface area (Å²) in [6, 6.07) is 7.60. The zero-order valence-corrected chi connectivity index (χ0v) is 10.6. The maximum absolute atomic E-state index is 11.2. The largest absolute Gasteiger partial charge is 0.391 e. The van der Waals surface area contributed by atoms with Crippen molar-refractivity contribution in [2.75, 3.05) is 11.4 Å². The first-order valence-electron chi connectivity index (χ1n) is 5.97. The molecular weight excluding hydrogens is 214 g/mol. The van der Waals surface area contributed by atoms with Crippen molar-refractivity contribution in [1.82, 2.24) is 0 Å².